The second-order valence-electron chi connectivity index (χ2n) is 13.4. The molecule has 2 aliphatic heterocycles. The Morgan fingerprint density at radius 1 is 1.17 bits per heavy atom. The van der Waals surface area contributed by atoms with Crippen molar-refractivity contribution in [2.75, 3.05) is 32.4 Å². The molecule has 2 saturated heterocycles. The maximum Gasteiger partial charge on any atom is 0.274 e. The third-order valence-electron chi connectivity index (χ3n) is 10.6. The summed E-state index contributed by atoms with van der Waals surface area (Å²) in [4.78, 5) is 28.3. The lowest BCUT2D eigenvalue weighted by Crippen LogP contribution is -2.38. The number of amides is 1. The van der Waals surface area contributed by atoms with Crippen molar-refractivity contribution in [2.45, 2.75) is 88.7 Å². The van der Waals surface area contributed by atoms with Gasteiger partial charge in [0.2, 0.25) is 5.88 Å². The van der Waals surface area contributed by atoms with Crippen LogP contribution >= 0.6 is 11.3 Å². The fraction of sp³-hybridized carbons (Fsp3) is 0.529. The van der Waals surface area contributed by atoms with Gasteiger partial charge >= 0.3 is 0 Å². The topological polar surface area (TPSA) is 152 Å². The summed E-state index contributed by atoms with van der Waals surface area (Å²) in [6.07, 6.45) is 11.2. The maximum absolute atomic E-state index is 13.1. The van der Waals surface area contributed by atoms with Gasteiger partial charge in [-0.1, -0.05) is 5.16 Å². The van der Waals surface area contributed by atoms with E-state index in [0.717, 1.165) is 101 Å². The van der Waals surface area contributed by atoms with Gasteiger partial charge in [-0.05, 0) is 96.4 Å². The molecule has 4 aliphatic rings. The predicted molar refractivity (Wildman–Crippen MR) is 176 cm³/mol. The average molecular weight is 654 g/mol. The van der Waals surface area contributed by atoms with Crippen LogP contribution in [0.4, 0.5) is 5.00 Å². The lowest BCUT2D eigenvalue weighted by molar-refractivity contribution is 0.0786. The molecule has 12 nitrogen and oxygen atoms in total. The molecule has 1 spiro atoms. The van der Waals surface area contributed by atoms with Gasteiger partial charge in [-0.2, -0.15) is 15.3 Å². The van der Waals surface area contributed by atoms with Crippen molar-refractivity contribution in [1.29, 1.82) is 5.26 Å². The number of nitrogen functional groups attached to an aromatic ring is 1. The van der Waals surface area contributed by atoms with E-state index in [-0.39, 0.29) is 18.1 Å². The van der Waals surface area contributed by atoms with Gasteiger partial charge in [0.25, 0.3) is 5.91 Å². The van der Waals surface area contributed by atoms with Crippen molar-refractivity contribution < 1.29 is 14.1 Å². The van der Waals surface area contributed by atoms with Crippen LogP contribution in [0.1, 0.15) is 96.1 Å². The fourth-order valence-electron chi connectivity index (χ4n) is 8.36. The van der Waals surface area contributed by atoms with Gasteiger partial charge in [0.1, 0.15) is 17.2 Å². The van der Waals surface area contributed by atoms with E-state index in [1.165, 1.54) is 16.2 Å². The number of likely N-dealkylation sites (tertiary alicyclic amines) is 2. The zero-order chi connectivity index (χ0) is 32.3. The van der Waals surface area contributed by atoms with Gasteiger partial charge < -0.3 is 19.9 Å². The highest BCUT2D eigenvalue weighted by Crippen LogP contribution is 2.55. The Balaban J connectivity index is 1.21. The number of rotatable bonds is 6. The number of anilines is 1. The number of carbonyl (C=O) groups excluding carboxylic acids is 1. The Kier molecular flexibility index (Phi) is 7.52. The van der Waals surface area contributed by atoms with Gasteiger partial charge in [0.15, 0.2) is 28.8 Å². The SMILES string of the molecule is C[C@H](Oc1cc(-n2ccc(C(=O)N3CCCC3)n2)nc(-c2noc3c2CCC[C@@]32CCCc3sc(N)c(C#N)c32)n1)[C@@H]1CCCN1C. The van der Waals surface area contributed by atoms with E-state index in [9.17, 15) is 10.1 Å². The molecule has 4 aromatic heterocycles. The number of nitrogens with zero attached hydrogens (tertiary/aromatic N) is 8. The van der Waals surface area contributed by atoms with E-state index in [2.05, 4.69) is 35.2 Å². The highest BCUT2D eigenvalue weighted by atomic mass is 32.1. The largest absolute Gasteiger partial charge is 0.473 e. The van der Waals surface area contributed by atoms with Gasteiger partial charge in [-0.25, -0.2) is 9.67 Å². The predicted octanol–water partition coefficient (Wildman–Crippen LogP) is 4.89. The number of carbonyl (C=O) groups is 1. The minimum absolute atomic E-state index is 0.0709. The number of fused-ring (bicyclic) bond motifs is 4. The minimum Gasteiger partial charge on any atom is -0.473 e. The number of aryl methyl sites for hydroxylation is 1. The Morgan fingerprint density at radius 2 is 1.98 bits per heavy atom. The van der Waals surface area contributed by atoms with Crippen molar-refractivity contribution in [3.05, 3.63) is 51.4 Å². The molecule has 0 saturated carbocycles. The summed E-state index contributed by atoms with van der Waals surface area (Å²) in [5.41, 5.74) is 9.44. The molecule has 2 fully saturated rings. The molecular weight excluding hydrogens is 615 g/mol. The molecule has 0 aromatic carbocycles. The zero-order valence-corrected chi connectivity index (χ0v) is 27.7. The molecule has 3 atom stereocenters. The average Bonchev–Trinajstić information content (AvgIpc) is 3.91. The zero-order valence-electron chi connectivity index (χ0n) is 26.9. The summed E-state index contributed by atoms with van der Waals surface area (Å²) < 4.78 is 14.4. The van der Waals surface area contributed by atoms with Crippen LogP contribution in [0.25, 0.3) is 17.3 Å². The molecule has 47 heavy (non-hydrogen) atoms. The highest BCUT2D eigenvalue weighted by Gasteiger charge is 2.49. The van der Waals surface area contributed by atoms with Crippen LogP contribution in [0.2, 0.25) is 0 Å². The lowest BCUT2D eigenvalue weighted by atomic mass is 9.63. The Hall–Kier alpha value is -4.28. The normalized spacial score (nSPS) is 23.1. The Labute approximate surface area is 277 Å². The van der Waals surface area contributed by atoms with Gasteiger partial charge in [-0.3, -0.25) is 9.69 Å². The first-order chi connectivity index (χ1) is 22.9. The first-order valence-electron chi connectivity index (χ1n) is 16.8. The molecular formula is C34H39N9O3S. The molecule has 0 radical (unpaired) electrons. The molecule has 0 unspecified atom stereocenters. The van der Waals surface area contributed by atoms with Crippen LogP contribution < -0.4 is 10.5 Å². The molecule has 0 bridgehead atoms. The van der Waals surface area contributed by atoms with Crippen molar-refractivity contribution in [3.63, 3.8) is 0 Å². The van der Waals surface area contributed by atoms with E-state index < -0.39 is 5.41 Å². The number of nitrogens with two attached hydrogens (primary N) is 1. The van der Waals surface area contributed by atoms with Gasteiger partial charge in [0.05, 0.1) is 11.0 Å². The van der Waals surface area contributed by atoms with E-state index in [1.807, 2.05) is 4.90 Å². The monoisotopic (exact) mass is 653 g/mol. The van der Waals surface area contributed by atoms with E-state index in [0.29, 0.717) is 39.5 Å². The molecule has 244 valence electrons. The second kappa shape index (κ2) is 11.8. The van der Waals surface area contributed by atoms with Gasteiger partial charge in [0, 0.05) is 41.8 Å². The molecule has 8 rings (SSSR count). The number of hydrogen-bond donors (Lipinski definition) is 1. The molecule has 13 heteroatoms. The number of ether oxygens (including phenoxy) is 1. The lowest BCUT2D eigenvalue weighted by Gasteiger charge is -2.39. The number of hydrogen-bond acceptors (Lipinski definition) is 11. The van der Waals surface area contributed by atoms with Crippen LogP contribution in [0.3, 0.4) is 0 Å². The first-order valence-corrected chi connectivity index (χ1v) is 17.6. The second-order valence-corrected chi connectivity index (χ2v) is 14.6. The van der Waals surface area contributed by atoms with Crippen LogP contribution in [-0.2, 0) is 18.3 Å². The van der Waals surface area contributed by atoms with Crippen molar-refractivity contribution >= 4 is 22.2 Å². The number of aromatic nitrogens is 5. The Morgan fingerprint density at radius 3 is 2.74 bits per heavy atom. The van der Waals surface area contributed by atoms with Crippen LogP contribution in [0.15, 0.2) is 22.9 Å². The van der Waals surface area contributed by atoms with E-state index in [4.69, 9.17) is 25.0 Å². The molecule has 2 N–H and O–H groups in total. The Bertz CT molecular complexity index is 1880. The van der Waals surface area contributed by atoms with Crippen LogP contribution in [0.5, 0.6) is 5.88 Å². The molecule has 1 amide bonds. The third kappa shape index (κ3) is 5.00. The van der Waals surface area contributed by atoms with Crippen LogP contribution in [0, 0.1) is 11.3 Å². The van der Waals surface area contributed by atoms with Gasteiger partial charge in [-0.15, -0.1) is 11.3 Å². The molecule has 2 aliphatic carbocycles. The van der Waals surface area contributed by atoms with E-state index in [1.54, 1.807) is 23.0 Å². The number of thiophene rings is 1. The summed E-state index contributed by atoms with van der Waals surface area (Å²) in [5, 5.41) is 19.9. The number of likely N-dealkylation sites (N-methyl/N-ethyl adjacent to an activating group) is 1. The highest BCUT2D eigenvalue weighted by molar-refractivity contribution is 7.16. The standard InChI is InChI=1S/C34H39N9O3S/c1-20(24-9-7-14-41(24)2)45-27-18-26(43-17-11-23(39-43)33(44)42-15-3-4-16-42)37-32(38-27)29-21-8-5-12-34(30(21)46-40-29)13-6-10-25-28(34)22(19-35)31(36)47-25/h11,17-18,20,24H,3-10,12-16,36H2,1-2H3/t20-,24-,34-/m0/s1. The minimum atomic E-state index is -0.447. The molecule has 6 heterocycles. The van der Waals surface area contributed by atoms with E-state index >= 15 is 0 Å². The summed E-state index contributed by atoms with van der Waals surface area (Å²) in [6, 6.07) is 6.18. The maximum atomic E-state index is 13.1. The quantitative estimate of drug-likeness (QED) is 0.305. The van der Waals surface area contributed by atoms with Crippen molar-refractivity contribution in [1.82, 2.24) is 34.7 Å². The number of nitriles is 1. The summed E-state index contributed by atoms with van der Waals surface area (Å²) in [5.74, 6) is 2.01. The summed E-state index contributed by atoms with van der Waals surface area (Å²) >= 11 is 1.53. The van der Waals surface area contributed by atoms with Crippen molar-refractivity contribution in [2.24, 2.45) is 0 Å². The molecule has 4 aromatic rings. The summed E-state index contributed by atoms with van der Waals surface area (Å²) in [7, 11) is 2.13. The van der Waals surface area contributed by atoms with Crippen molar-refractivity contribution in [3.8, 4) is 29.3 Å². The smallest absolute Gasteiger partial charge is 0.274 e. The van der Waals surface area contributed by atoms with Crippen LogP contribution in [-0.4, -0.2) is 79.4 Å². The first kappa shape index (κ1) is 30.1. The summed E-state index contributed by atoms with van der Waals surface area (Å²) in [6.45, 7) is 4.62. The fourth-order valence-corrected chi connectivity index (χ4v) is 9.52. The third-order valence-corrected chi connectivity index (χ3v) is 11.7.